The minimum Gasteiger partial charge on any atom is -0.481 e. The monoisotopic (exact) mass is 286 g/mol. The summed E-state index contributed by atoms with van der Waals surface area (Å²) in [6.07, 6.45) is 3.47. The van der Waals surface area contributed by atoms with Gasteiger partial charge in [0.2, 0.25) is 0 Å². The van der Waals surface area contributed by atoms with E-state index in [1.807, 2.05) is 13.8 Å². The highest BCUT2D eigenvalue weighted by atomic mass is 16.5. The van der Waals surface area contributed by atoms with Crippen LogP contribution in [0.1, 0.15) is 46.0 Å². The molecule has 0 aromatic heterocycles. The van der Waals surface area contributed by atoms with Crippen molar-refractivity contribution in [3.05, 3.63) is 11.6 Å². The predicted molar refractivity (Wildman–Crippen MR) is 72.1 cm³/mol. The number of hydrogen-bond acceptors (Lipinski definition) is 5. The maximum absolute atomic E-state index is 11.7. The third-order valence-corrected chi connectivity index (χ3v) is 2.37. The van der Waals surface area contributed by atoms with Crippen molar-refractivity contribution in [2.24, 2.45) is 0 Å². The first-order chi connectivity index (χ1) is 9.51. The summed E-state index contributed by atoms with van der Waals surface area (Å²) in [7, 11) is 0. The lowest BCUT2D eigenvalue weighted by atomic mass is 10.2. The number of carbonyl (C=O) groups is 3. The van der Waals surface area contributed by atoms with Gasteiger partial charge in [0, 0.05) is 6.08 Å². The van der Waals surface area contributed by atoms with Gasteiger partial charge in [-0.1, -0.05) is 26.7 Å². The van der Waals surface area contributed by atoms with E-state index in [1.54, 1.807) is 0 Å². The highest BCUT2D eigenvalue weighted by molar-refractivity contribution is 5.99. The summed E-state index contributed by atoms with van der Waals surface area (Å²) >= 11 is 0. The Hall–Kier alpha value is -1.85. The SMILES string of the molecule is CCCCOC(=O)C=C(CC(=O)O)C(=O)OCCCC. The lowest BCUT2D eigenvalue weighted by Crippen LogP contribution is -2.15. The predicted octanol–water partition coefficient (Wildman–Crippen LogP) is 2.07. The Balaban J connectivity index is 4.55. The average Bonchev–Trinajstić information content (AvgIpc) is 2.38. The second kappa shape index (κ2) is 11.0. The van der Waals surface area contributed by atoms with Gasteiger partial charge in [0.15, 0.2) is 0 Å². The Bertz CT molecular complexity index is 359. The Morgan fingerprint density at radius 3 is 2.05 bits per heavy atom. The minimum atomic E-state index is -1.20. The van der Waals surface area contributed by atoms with Crippen molar-refractivity contribution in [1.29, 1.82) is 0 Å². The highest BCUT2D eigenvalue weighted by Crippen LogP contribution is 2.06. The van der Waals surface area contributed by atoms with Gasteiger partial charge in [0.25, 0.3) is 0 Å². The number of aliphatic carboxylic acids is 1. The van der Waals surface area contributed by atoms with E-state index >= 15 is 0 Å². The normalized spacial score (nSPS) is 11.0. The van der Waals surface area contributed by atoms with Gasteiger partial charge in [-0.15, -0.1) is 0 Å². The van der Waals surface area contributed by atoms with Crippen molar-refractivity contribution in [2.75, 3.05) is 13.2 Å². The van der Waals surface area contributed by atoms with Crippen molar-refractivity contribution >= 4 is 17.9 Å². The molecule has 0 aromatic rings. The molecule has 20 heavy (non-hydrogen) atoms. The number of carboxylic acids is 1. The molecule has 0 unspecified atom stereocenters. The minimum absolute atomic E-state index is 0.199. The zero-order valence-corrected chi connectivity index (χ0v) is 12.0. The van der Waals surface area contributed by atoms with Crippen LogP contribution in [0.15, 0.2) is 11.6 Å². The van der Waals surface area contributed by atoms with E-state index in [9.17, 15) is 14.4 Å². The van der Waals surface area contributed by atoms with Crippen molar-refractivity contribution in [1.82, 2.24) is 0 Å². The van der Waals surface area contributed by atoms with Crippen LogP contribution < -0.4 is 0 Å². The van der Waals surface area contributed by atoms with E-state index in [2.05, 4.69) is 0 Å². The third-order valence-electron chi connectivity index (χ3n) is 2.37. The van der Waals surface area contributed by atoms with Crippen LogP contribution in [-0.4, -0.2) is 36.2 Å². The molecule has 0 spiro atoms. The van der Waals surface area contributed by atoms with Crippen LogP contribution in [0.3, 0.4) is 0 Å². The first-order valence-corrected chi connectivity index (χ1v) is 6.77. The second-order valence-corrected chi connectivity index (χ2v) is 4.25. The van der Waals surface area contributed by atoms with Gasteiger partial charge in [-0.05, 0) is 12.8 Å². The molecule has 0 saturated carbocycles. The molecule has 114 valence electrons. The molecule has 0 radical (unpaired) electrons. The van der Waals surface area contributed by atoms with Crippen LogP contribution in [0.25, 0.3) is 0 Å². The fraction of sp³-hybridized carbons (Fsp3) is 0.643. The van der Waals surface area contributed by atoms with Gasteiger partial charge in [-0.3, -0.25) is 4.79 Å². The molecule has 0 fully saturated rings. The summed E-state index contributed by atoms with van der Waals surface area (Å²) in [5.74, 6) is -2.71. The van der Waals surface area contributed by atoms with Gasteiger partial charge in [0.05, 0.1) is 25.2 Å². The first kappa shape index (κ1) is 18.1. The molecule has 1 N–H and O–H groups in total. The molecule has 0 heterocycles. The standard InChI is InChI=1S/C14H22O6/c1-3-5-7-19-13(17)10-11(9-12(15)16)14(18)20-8-6-4-2/h10H,3-9H2,1-2H3,(H,15,16). The van der Waals surface area contributed by atoms with Gasteiger partial charge in [-0.2, -0.15) is 0 Å². The van der Waals surface area contributed by atoms with Crippen molar-refractivity contribution < 1.29 is 29.0 Å². The van der Waals surface area contributed by atoms with Crippen LogP contribution in [0.4, 0.5) is 0 Å². The lowest BCUT2D eigenvalue weighted by molar-refractivity contribution is -0.143. The van der Waals surface area contributed by atoms with Crippen LogP contribution in [0.2, 0.25) is 0 Å². The van der Waals surface area contributed by atoms with E-state index in [0.29, 0.717) is 6.42 Å². The molecular weight excluding hydrogens is 264 g/mol. The molecule has 0 rings (SSSR count). The number of unbranched alkanes of at least 4 members (excludes halogenated alkanes) is 2. The number of carbonyl (C=O) groups excluding carboxylic acids is 2. The lowest BCUT2D eigenvalue weighted by Gasteiger charge is -2.06. The molecule has 0 atom stereocenters. The van der Waals surface area contributed by atoms with Gasteiger partial charge >= 0.3 is 17.9 Å². The van der Waals surface area contributed by atoms with E-state index in [0.717, 1.165) is 25.3 Å². The maximum atomic E-state index is 11.7. The molecule has 0 amide bonds. The highest BCUT2D eigenvalue weighted by Gasteiger charge is 2.17. The molecule has 6 nitrogen and oxygen atoms in total. The maximum Gasteiger partial charge on any atom is 0.334 e. The number of rotatable bonds is 10. The van der Waals surface area contributed by atoms with Crippen molar-refractivity contribution in [2.45, 2.75) is 46.0 Å². The third kappa shape index (κ3) is 9.13. The number of esters is 2. The van der Waals surface area contributed by atoms with E-state index < -0.39 is 24.3 Å². The summed E-state index contributed by atoms with van der Waals surface area (Å²) < 4.78 is 9.75. The summed E-state index contributed by atoms with van der Waals surface area (Å²) in [4.78, 5) is 33.8. The van der Waals surface area contributed by atoms with Crippen LogP contribution >= 0.6 is 0 Å². The quantitative estimate of drug-likeness (QED) is 0.375. The smallest absolute Gasteiger partial charge is 0.334 e. The Kier molecular flexibility index (Phi) is 10.00. The van der Waals surface area contributed by atoms with E-state index in [4.69, 9.17) is 14.6 Å². The van der Waals surface area contributed by atoms with Crippen LogP contribution in [0.5, 0.6) is 0 Å². The number of carboxylic acid groups (broad SMARTS) is 1. The summed E-state index contributed by atoms with van der Waals surface area (Å²) in [6.45, 7) is 4.34. The summed E-state index contributed by atoms with van der Waals surface area (Å²) in [5, 5.41) is 8.73. The number of hydrogen-bond donors (Lipinski definition) is 1. The Morgan fingerprint density at radius 2 is 1.55 bits per heavy atom. The zero-order chi connectivity index (χ0) is 15.4. The largest absolute Gasteiger partial charge is 0.481 e. The number of ether oxygens (including phenoxy) is 2. The van der Waals surface area contributed by atoms with Crippen LogP contribution in [0, 0.1) is 0 Å². The molecule has 0 aliphatic carbocycles. The molecule has 0 aliphatic heterocycles. The van der Waals surface area contributed by atoms with E-state index in [1.165, 1.54) is 0 Å². The van der Waals surface area contributed by atoms with Crippen LogP contribution in [-0.2, 0) is 23.9 Å². The molecule has 0 bridgehead atoms. The average molecular weight is 286 g/mol. The Morgan fingerprint density at radius 1 is 1.00 bits per heavy atom. The van der Waals surface area contributed by atoms with Gasteiger partial charge in [-0.25, -0.2) is 9.59 Å². The Labute approximate surface area is 118 Å². The zero-order valence-electron chi connectivity index (χ0n) is 12.0. The fourth-order valence-corrected chi connectivity index (χ4v) is 1.25. The van der Waals surface area contributed by atoms with E-state index in [-0.39, 0.29) is 18.8 Å². The summed E-state index contributed by atoms with van der Waals surface area (Å²) in [6, 6.07) is 0. The second-order valence-electron chi connectivity index (χ2n) is 4.25. The van der Waals surface area contributed by atoms with Crippen molar-refractivity contribution in [3.8, 4) is 0 Å². The molecule has 0 aliphatic rings. The summed E-state index contributed by atoms with van der Waals surface area (Å²) in [5.41, 5.74) is -0.199. The molecule has 0 saturated heterocycles. The van der Waals surface area contributed by atoms with Gasteiger partial charge < -0.3 is 14.6 Å². The molecule has 0 aromatic carbocycles. The van der Waals surface area contributed by atoms with Crippen molar-refractivity contribution in [3.63, 3.8) is 0 Å². The van der Waals surface area contributed by atoms with Gasteiger partial charge in [0.1, 0.15) is 0 Å². The first-order valence-electron chi connectivity index (χ1n) is 6.77. The molecular formula is C14H22O6. The topological polar surface area (TPSA) is 89.9 Å². The molecule has 6 heteroatoms. The fourth-order valence-electron chi connectivity index (χ4n) is 1.25.